The quantitative estimate of drug-likeness (QED) is 0.858. The van der Waals surface area contributed by atoms with Crippen LogP contribution in [0.3, 0.4) is 0 Å². The van der Waals surface area contributed by atoms with E-state index in [0.717, 1.165) is 5.69 Å². The largest absolute Gasteiger partial charge is 0.399 e. The Hall–Kier alpha value is -2.54. The van der Waals surface area contributed by atoms with Gasteiger partial charge in [0.1, 0.15) is 5.82 Å². The maximum absolute atomic E-state index is 13.7. The number of nitriles is 1. The summed E-state index contributed by atoms with van der Waals surface area (Å²) in [5.74, 6) is -0.304. The molecule has 0 radical (unpaired) electrons. The van der Waals surface area contributed by atoms with Crippen LogP contribution in [0.15, 0.2) is 42.5 Å². The number of hydrogen-bond donors (Lipinski definition) is 1. The van der Waals surface area contributed by atoms with Gasteiger partial charge in [0, 0.05) is 30.5 Å². The van der Waals surface area contributed by atoms with Gasteiger partial charge in [0.05, 0.1) is 11.6 Å². The zero-order valence-corrected chi connectivity index (χ0v) is 10.6. The minimum Gasteiger partial charge on any atom is -0.399 e. The van der Waals surface area contributed by atoms with Crippen molar-refractivity contribution in [2.75, 3.05) is 17.7 Å². The summed E-state index contributed by atoms with van der Waals surface area (Å²) in [6, 6.07) is 13.7. The van der Waals surface area contributed by atoms with E-state index in [0.29, 0.717) is 23.4 Å². The van der Waals surface area contributed by atoms with Crippen molar-refractivity contribution in [1.29, 1.82) is 5.26 Å². The predicted octanol–water partition coefficient (Wildman–Crippen LogP) is 2.92. The first kappa shape index (κ1) is 12.9. The van der Waals surface area contributed by atoms with Crippen molar-refractivity contribution in [3.63, 3.8) is 0 Å². The Kier molecular flexibility index (Phi) is 3.67. The molecular formula is C15H14FN3. The standard InChI is InChI=1S/C15H14FN3/c1-19(14-5-3-13(18)4-6-14)10-12-8-11(9-17)2-7-15(12)16/h2-8H,10,18H2,1H3. The monoisotopic (exact) mass is 255 g/mol. The van der Waals surface area contributed by atoms with Crippen molar-refractivity contribution in [1.82, 2.24) is 0 Å². The zero-order chi connectivity index (χ0) is 13.8. The molecule has 3 nitrogen and oxygen atoms in total. The van der Waals surface area contributed by atoms with Crippen LogP contribution in [0.2, 0.25) is 0 Å². The third-order valence-electron chi connectivity index (χ3n) is 2.92. The molecule has 0 amide bonds. The second-order valence-corrected chi connectivity index (χ2v) is 4.37. The highest BCUT2D eigenvalue weighted by Crippen LogP contribution is 2.19. The van der Waals surface area contributed by atoms with E-state index in [9.17, 15) is 4.39 Å². The van der Waals surface area contributed by atoms with Gasteiger partial charge in [-0.1, -0.05) is 0 Å². The van der Waals surface area contributed by atoms with E-state index in [-0.39, 0.29) is 5.82 Å². The van der Waals surface area contributed by atoms with Crippen LogP contribution in [-0.2, 0) is 6.54 Å². The molecule has 0 fully saturated rings. The molecule has 2 N–H and O–H groups in total. The fourth-order valence-corrected chi connectivity index (χ4v) is 1.84. The number of halogens is 1. The maximum Gasteiger partial charge on any atom is 0.128 e. The maximum atomic E-state index is 13.7. The van der Waals surface area contributed by atoms with E-state index in [1.165, 1.54) is 12.1 Å². The molecule has 0 saturated heterocycles. The van der Waals surface area contributed by atoms with Crippen molar-refractivity contribution in [3.05, 3.63) is 59.4 Å². The lowest BCUT2D eigenvalue weighted by atomic mass is 10.1. The van der Waals surface area contributed by atoms with Crippen molar-refractivity contribution in [3.8, 4) is 6.07 Å². The number of hydrogen-bond acceptors (Lipinski definition) is 3. The van der Waals surface area contributed by atoms with Crippen LogP contribution in [0.25, 0.3) is 0 Å². The summed E-state index contributed by atoms with van der Waals surface area (Å²) in [5.41, 5.74) is 8.22. The van der Waals surface area contributed by atoms with Gasteiger partial charge in [-0.15, -0.1) is 0 Å². The Balaban J connectivity index is 2.21. The molecule has 0 bridgehead atoms. The summed E-state index contributed by atoms with van der Waals surface area (Å²) >= 11 is 0. The van der Waals surface area contributed by atoms with E-state index in [4.69, 9.17) is 11.0 Å². The topological polar surface area (TPSA) is 53.0 Å². The molecule has 0 aliphatic heterocycles. The van der Waals surface area contributed by atoms with Gasteiger partial charge in [-0.05, 0) is 42.5 Å². The second-order valence-electron chi connectivity index (χ2n) is 4.37. The molecule has 2 aromatic carbocycles. The summed E-state index contributed by atoms with van der Waals surface area (Å²) in [5, 5.41) is 8.83. The highest BCUT2D eigenvalue weighted by molar-refractivity contribution is 5.53. The van der Waals surface area contributed by atoms with E-state index < -0.39 is 0 Å². The number of anilines is 2. The lowest BCUT2D eigenvalue weighted by Crippen LogP contribution is -2.17. The van der Waals surface area contributed by atoms with Crippen molar-refractivity contribution in [2.45, 2.75) is 6.54 Å². The van der Waals surface area contributed by atoms with Gasteiger partial charge >= 0.3 is 0 Å². The van der Waals surface area contributed by atoms with Gasteiger partial charge in [0.2, 0.25) is 0 Å². The van der Waals surface area contributed by atoms with Gasteiger partial charge in [-0.25, -0.2) is 4.39 Å². The molecule has 0 aliphatic rings. The number of rotatable bonds is 3. The fourth-order valence-electron chi connectivity index (χ4n) is 1.84. The number of benzene rings is 2. The molecule has 4 heteroatoms. The third kappa shape index (κ3) is 3.02. The molecule has 0 heterocycles. The van der Waals surface area contributed by atoms with Crippen molar-refractivity contribution >= 4 is 11.4 Å². The Labute approximate surface area is 111 Å². The predicted molar refractivity (Wildman–Crippen MR) is 74.1 cm³/mol. The van der Waals surface area contributed by atoms with Crippen LogP contribution in [0.5, 0.6) is 0 Å². The van der Waals surface area contributed by atoms with Gasteiger partial charge in [-0.3, -0.25) is 0 Å². The molecule has 0 aromatic heterocycles. The first-order chi connectivity index (χ1) is 9.10. The van der Waals surface area contributed by atoms with Gasteiger partial charge < -0.3 is 10.6 Å². The normalized spacial score (nSPS) is 9.95. The number of nitrogens with two attached hydrogens (primary N) is 1. The summed E-state index contributed by atoms with van der Waals surface area (Å²) < 4.78 is 13.7. The van der Waals surface area contributed by atoms with E-state index >= 15 is 0 Å². The molecule has 0 unspecified atom stereocenters. The molecule has 96 valence electrons. The first-order valence-corrected chi connectivity index (χ1v) is 5.85. The van der Waals surface area contributed by atoms with Crippen molar-refractivity contribution in [2.24, 2.45) is 0 Å². The lowest BCUT2D eigenvalue weighted by Gasteiger charge is -2.20. The van der Waals surface area contributed by atoms with Crippen LogP contribution in [0.4, 0.5) is 15.8 Å². The molecule has 0 spiro atoms. The zero-order valence-electron chi connectivity index (χ0n) is 10.6. The van der Waals surface area contributed by atoms with Crippen LogP contribution in [0.1, 0.15) is 11.1 Å². The smallest absolute Gasteiger partial charge is 0.128 e. The Bertz CT molecular complexity index is 614. The molecule has 2 rings (SSSR count). The van der Waals surface area contributed by atoms with E-state index in [2.05, 4.69) is 0 Å². The Morgan fingerprint density at radius 3 is 2.53 bits per heavy atom. The second kappa shape index (κ2) is 5.40. The average Bonchev–Trinajstić information content (AvgIpc) is 2.42. The van der Waals surface area contributed by atoms with Gasteiger partial charge in [-0.2, -0.15) is 5.26 Å². The highest BCUT2D eigenvalue weighted by atomic mass is 19.1. The molecule has 0 aliphatic carbocycles. The van der Waals surface area contributed by atoms with Crippen molar-refractivity contribution < 1.29 is 4.39 Å². The highest BCUT2D eigenvalue weighted by Gasteiger charge is 2.07. The van der Waals surface area contributed by atoms with Crippen LogP contribution < -0.4 is 10.6 Å². The summed E-state index contributed by atoms with van der Waals surface area (Å²) in [6.07, 6.45) is 0. The average molecular weight is 255 g/mol. The minimum absolute atomic E-state index is 0.304. The molecule has 2 aromatic rings. The van der Waals surface area contributed by atoms with Crippen LogP contribution in [0, 0.1) is 17.1 Å². The first-order valence-electron chi connectivity index (χ1n) is 5.85. The Morgan fingerprint density at radius 2 is 1.89 bits per heavy atom. The molecule has 19 heavy (non-hydrogen) atoms. The lowest BCUT2D eigenvalue weighted by molar-refractivity contribution is 0.607. The summed E-state index contributed by atoms with van der Waals surface area (Å²) in [6.45, 7) is 0.394. The fraction of sp³-hybridized carbons (Fsp3) is 0.133. The Morgan fingerprint density at radius 1 is 1.21 bits per heavy atom. The third-order valence-corrected chi connectivity index (χ3v) is 2.92. The SMILES string of the molecule is CN(Cc1cc(C#N)ccc1F)c1ccc(N)cc1. The molecule has 0 atom stereocenters. The van der Waals surface area contributed by atoms with E-state index in [1.807, 2.05) is 30.1 Å². The summed E-state index contributed by atoms with van der Waals surface area (Å²) in [4.78, 5) is 1.90. The van der Waals surface area contributed by atoms with Crippen LogP contribution >= 0.6 is 0 Å². The minimum atomic E-state index is -0.304. The van der Waals surface area contributed by atoms with Crippen LogP contribution in [-0.4, -0.2) is 7.05 Å². The van der Waals surface area contributed by atoms with E-state index in [1.54, 1.807) is 18.2 Å². The number of nitrogens with zero attached hydrogens (tertiary/aromatic N) is 2. The van der Waals surface area contributed by atoms with Gasteiger partial charge in [0.25, 0.3) is 0 Å². The summed E-state index contributed by atoms with van der Waals surface area (Å²) in [7, 11) is 1.87. The molecule has 0 saturated carbocycles. The van der Waals surface area contributed by atoms with Gasteiger partial charge in [0.15, 0.2) is 0 Å². The number of nitrogen functional groups attached to an aromatic ring is 1. The molecular weight excluding hydrogens is 241 g/mol.